The van der Waals surface area contributed by atoms with Crippen LogP contribution in [0, 0.1) is 0 Å². The molecule has 0 bridgehead atoms. The van der Waals surface area contributed by atoms with Gasteiger partial charge in [0.05, 0.1) is 26.2 Å². The Morgan fingerprint density at radius 1 is 0.385 bits per heavy atom. The van der Waals surface area contributed by atoms with Crippen LogP contribution >= 0.6 is 7.82 Å². The Labute approximate surface area is 476 Å². The Morgan fingerprint density at radius 2 is 0.718 bits per heavy atom. The molecule has 2 N–H and O–H groups in total. The van der Waals surface area contributed by atoms with Crippen LogP contribution in [0.4, 0.5) is 0 Å². The molecule has 0 aliphatic heterocycles. The van der Waals surface area contributed by atoms with Crippen LogP contribution in [0.2, 0.25) is 0 Å². The largest absolute Gasteiger partial charge is 0.472 e. The summed E-state index contributed by atoms with van der Waals surface area (Å²) in [6, 6.07) is 0. The van der Waals surface area contributed by atoms with Gasteiger partial charge in [0.1, 0.15) is 12.7 Å². The Morgan fingerprint density at radius 3 is 1.15 bits per heavy atom. The van der Waals surface area contributed by atoms with Crippen LogP contribution in [0.3, 0.4) is 0 Å². The Balaban J connectivity index is 4.81. The van der Waals surface area contributed by atoms with Crippen LogP contribution in [-0.2, 0) is 42.2 Å². The number of hydrogen-bond donors (Lipinski definition) is 2. The van der Waals surface area contributed by atoms with E-state index >= 15 is 0 Å². The molecule has 3 atom stereocenters. The molecule has 11 nitrogen and oxygen atoms in total. The van der Waals surface area contributed by atoms with Crippen LogP contribution in [-0.4, -0.2) is 66.5 Å². The second-order valence-electron chi connectivity index (χ2n) is 20.5. The summed E-state index contributed by atoms with van der Waals surface area (Å²) in [4.78, 5) is 48.6. The molecule has 448 valence electrons. The molecule has 0 aromatic heterocycles. The van der Waals surface area contributed by atoms with E-state index in [1.54, 1.807) is 6.08 Å². The zero-order valence-electron chi connectivity index (χ0n) is 49.6. The molecule has 0 aromatic carbocycles. The van der Waals surface area contributed by atoms with Gasteiger partial charge < -0.3 is 24.2 Å². The molecule has 0 saturated heterocycles. The molecule has 0 radical (unpaired) electrons. The van der Waals surface area contributed by atoms with Crippen molar-refractivity contribution in [1.29, 1.82) is 0 Å². The van der Waals surface area contributed by atoms with Crippen molar-refractivity contribution in [3.8, 4) is 0 Å². The SMILES string of the molecule is CC/C=C\C/C=C\C/C=C\C/C=C\C/C=C\CC(=O)OC(CO)COP(=O)(O)OCC(COC(=O)CCCCCCCCCCCCCCCCCCC)OC(=O)CCCCCCCC/C=C\C/C=C\C/C=C\CCCCC. The van der Waals surface area contributed by atoms with E-state index in [1.165, 1.54) is 109 Å². The predicted molar refractivity (Wildman–Crippen MR) is 325 cm³/mol. The quantitative estimate of drug-likeness (QED) is 0.0197. The van der Waals surface area contributed by atoms with Gasteiger partial charge in [0.25, 0.3) is 0 Å². The smallest absolute Gasteiger partial charge is 0.462 e. The minimum absolute atomic E-state index is 0.0586. The van der Waals surface area contributed by atoms with Crippen LogP contribution in [0.5, 0.6) is 0 Å². The van der Waals surface area contributed by atoms with Crippen LogP contribution in [0.1, 0.15) is 265 Å². The summed E-state index contributed by atoms with van der Waals surface area (Å²) in [6.45, 7) is 4.41. The third-order valence-corrected chi connectivity index (χ3v) is 14.0. The van der Waals surface area contributed by atoms with Crippen molar-refractivity contribution in [2.45, 2.75) is 277 Å². The fourth-order valence-electron chi connectivity index (χ4n) is 8.32. The van der Waals surface area contributed by atoms with Crippen molar-refractivity contribution >= 4 is 25.7 Å². The van der Waals surface area contributed by atoms with Gasteiger partial charge in [-0.3, -0.25) is 23.4 Å². The van der Waals surface area contributed by atoms with Gasteiger partial charge in [0, 0.05) is 12.8 Å². The van der Waals surface area contributed by atoms with E-state index in [2.05, 4.69) is 93.7 Å². The maximum absolute atomic E-state index is 12.9. The molecule has 0 saturated carbocycles. The second-order valence-corrected chi connectivity index (χ2v) is 22.0. The number of phosphoric ester groups is 1. The molecule has 0 amide bonds. The number of ether oxygens (including phenoxy) is 3. The number of phosphoric acid groups is 1. The topological polar surface area (TPSA) is 155 Å². The number of aliphatic hydroxyl groups excluding tert-OH is 1. The maximum Gasteiger partial charge on any atom is 0.472 e. The average Bonchev–Trinajstić information content (AvgIpc) is 3.43. The molecule has 3 unspecified atom stereocenters. The van der Waals surface area contributed by atoms with E-state index in [0.29, 0.717) is 19.3 Å². The van der Waals surface area contributed by atoms with Crippen LogP contribution in [0.25, 0.3) is 0 Å². The minimum Gasteiger partial charge on any atom is -0.462 e. The Kier molecular flexibility index (Phi) is 56.8. The van der Waals surface area contributed by atoms with Crippen LogP contribution in [0.15, 0.2) is 97.2 Å². The first-order chi connectivity index (χ1) is 38.2. The first-order valence-electron chi connectivity index (χ1n) is 31.1. The normalized spacial score (nSPS) is 14.0. The highest BCUT2D eigenvalue weighted by Gasteiger charge is 2.28. The number of rotatable bonds is 57. The first kappa shape index (κ1) is 74.4. The third kappa shape index (κ3) is 57.1. The number of esters is 3. The van der Waals surface area contributed by atoms with Crippen molar-refractivity contribution in [2.24, 2.45) is 0 Å². The van der Waals surface area contributed by atoms with E-state index in [1.807, 2.05) is 18.2 Å². The van der Waals surface area contributed by atoms with Crippen molar-refractivity contribution in [2.75, 3.05) is 26.4 Å². The molecule has 0 aliphatic carbocycles. The first-order valence-corrected chi connectivity index (χ1v) is 32.6. The van der Waals surface area contributed by atoms with Gasteiger partial charge in [-0.25, -0.2) is 4.57 Å². The van der Waals surface area contributed by atoms with Crippen molar-refractivity contribution in [3.63, 3.8) is 0 Å². The highest BCUT2D eigenvalue weighted by atomic mass is 31.2. The average molecular weight is 1110 g/mol. The van der Waals surface area contributed by atoms with Gasteiger partial charge >= 0.3 is 25.7 Å². The van der Waals surface area contributed by atoms with Gasteiger partial charge in [-0.1, -0.05) is 259 Å². The molecule has 0 fully saturated rings. The molecular formula is C66H113O11P. The number of allylic oxidation sites excluding steroid dienone is 15. The number of hydrogen-bond acceptors (Lipinski definition) is 10. The summed E-state index contributed by atoms with van der Waals surface area (Å²) < 4.78 is 39.5. The Bertz CT molecular complexity index is 1680. The zero-order valence-corrected chi connectivity index (χ0v) is 50.5. The third-order valence-electron chi connectivity index (χ3n) is 13.0. The number of carbonyl (C=O) groups excluding carboxylic acids is 3. The zero-order chi connectivity index (χ0) is 56.9. The number of unbranched alkanes of at least 4 members (excludes halogenated alkanes) is 25. The molecule has 0 aromatic rings. The summed E-state index contributed by atoms with van der Waals surface area (Å²) in [6.07, 6.45) is 71.0. The van der Waals surface area contributed by atoms with Gasteiger partial charge in [0.2, 0.25) is 0 Å². The number of aliphatic hydroxyl groups is 1. The number of carbonyl (C=O) groups is 3. The Hall–Kier alpha value is -3.60. The fourth-order valence-corrected chi connectivity index (χ4v) is 9.11. The van der Waals surface area contributed by atoms with Crippen LogP contribution < -0.4 is 0 Å². The van der Waals surface area contributed by atoms with Crippen molar-refractivity contribution in [3.05, 3.63) is 97.2 Å². The van der Waals surface area contributed by atoms with Gasteiger partial charge in [-0.15, -0.1) is 0 Å². The lowest BCUT2D eigenvalue weighted by Gasteiger charge is -2.21. The second kappa shape index (κ2) is 59.5. The lowest BCUT2D eigenvalue weighted by Crippen LogP contribution is -2.30. The predicted octanol–water partition coefficient (Wildman–Crippen LogP) is 18.8. The van der Waals surface area contributed by atoms with E-state index in [-0.39, 0.29) is 25.9 Å². The summed E-state index contributed by atoms with van der Waals surface area (Å²) in [5, 5.41) is 9.81. The summed E-state index contributed by atoms with van der Waals surface area (Å²) in [5.41, 5.74) is 0. The highest BCUT2D eigenvalue weighted by molar-refractivity contribution is 7.47. The molecule has 0 aliphatic rings. The molecule has 0 rings (SSSR count). The minimum atomic E-state index is -4.78. The lowest BCUT2D eigenvalue weighted by molar-refractivity contribution is -0.161. The fraction of sp³-hybridized carbons (Fsp3) is 0.712. The monoisotopic (exact) mass is 1110 g/mol. The summed E-state index contributed by atoms with van der Waals surface area (Å²) >= 11 is 0. The molecule has 12 heteroatoms. The van der Waals surface area contributed by atoms with E-state index in [0.717, 1.165) is 96.3 Å². The molecule has 0 heterocycles. The van der Waals surface area contributed by atoms with Gasteiger partial charge in [-0.2, -0.15) is 0 Å². The van der Waals surface area contributed by atoms with E-state index in [4.69, 9.17) is 23.3 Å². The van der Waals surface area contributed by atoms with Gasteiger partial charge in [-0.05, 0) is 83.5 Å². The standard InChI is InChI=1S/C66H113O11P/c1-4-7-10-13-16-19-22-25-28-30-31-33-36-39-42-45-48-51-54-57-66(70)77-63(59-73-64(68)55-52-49-46-43-40-37-35-32-29-26-23-20-17-14-11-8-5-2)61-75-78(71,72)74-60-62(58-67)76-65(69)56-53-50-47-44-41-38-34-27-24-21-18-15-12-9-6-3/h9,12,16,18-19,21,25,27-28,31,33-34,41,44,50,53,62-63,67H,4-8,10-11,13-15,17,20,22-24,26,29-30,32,35-40,42-43,45-49,51-52,54-61H2,1-3H3,(H,71,72)/b12-9-,19-16-,21-18-,28-25-,33-31-,34-27-,44-41-,53-50-. The molecule has 78 heavy (non-hydrogen) atoms. The highest BCUT2D eigenvalue weighted by Crippen LogP contribution is 2.43. The van der Waals surface area contributed by atoms with E-state index < -0.39 is 57.8 Å². The van der Waals surface area contributed by atoms with Gasteiger partial charge in [0.15, 0.2) is 6.10 Å². The summed E-state index contributed by atoms with van der Waals surface area (Å²) in [7, 11) is -4.78. The summed E-state index contributed by atoms with van der Waals surface area (Å²) in [5.74, 6) is -1.61. The maximum atomic E-state index is 12.9. The lowest BCUT2D eigenvalue weighted by atomic mass is 10.0. The van der Waals surface area contributed by atoms with Crippen molar-refractivity contribution < 1.29 is 52.2 Å². The van der Waals surface area contributed by atoms with Crippen molar-refractivity contribution in [1.82, 2.24) is 0 Å². The molecule has 0 spiro atoms. The van der Waals surface area contributed by atoms with E-state index in [9.17, 15) is 28.9 Å². The molecular weight excluding hydrogens is 1000 g/mol.